The third-order valence-corrected chi connectivity index (χ3v) is 6.66. The van der Waals surface area contributed by atoms with Crippen molar-refractivity contribution in [2.75, 3.05) is 13.7 Å². The second-order valence-corrected chi connectivity index (χ2v) is 9.20. The molecule has 7 nitrogen and oxygen atoms in total. The predicted molar refractivity (Wildman–Crippen MR) is 135 cm³/mol. The molecular formula is C28H29F3N4O3. The fraction of sp³-hybridized carbons (Fsp3) is 0.357. The Balaban J connectivity index is 1.71. The molecule has 3 aromatic rings. The van der Waals surface area contributed by atoms with Gasteiger partial charge in [-0.2, -0.15) is 0 Å². The number of rotatable bonds is 9. The molecule has 0 aliphatic carbocycles. The lowest BCUT2D eigenvalue weighted by Gasteiger charge is -2.40. The Morgan fingerprint density at radius 1 is 1.13 bits per heavy atom. The number of nitrogens with zero attached hydrogens (tertiary/aromatic N) is 3. The molecule has 1 aliphatic heterocycles. The number of benzene rings is 2. The summed E-state index contributed by atoms with van der Waals surface area (Å²) in [5.74, 6) is -3.90. The van der Waals surface area contributed by atoms with Gasteiger partial charge in [0.25, 0.3) is 5.91 Å². The van der Waals surface area contributed by atoms with E-state index in [1.807, 2.05) is 17.0 Å². The number of likely N-dealkylation sites (tertiary alicyclic amines) is 1. The molecule has 1 N–H and O–H groups in total. The molecule has 0 spiro atoms. The van der Waals surface area contributed by atoms with Gasteiger partial charge in [0.2, 0.25) is 0 Å². The molecule has 2 aromatic carbocycles. The second kappa shape index (κ2) is 12.3. The summed E-state index contributed by atoms with van der Waals surface area (Å²) in [6.07, 6.45) is 4.15. The first-order valence-corrected chi connectivity index (χ1v) is 12.3. The van der Waals surface area contributed by atoms with Crippen molar-refractivity contribution in [1.82, 2.24) is 20.2 Å². The minimum atomic E-state index is -1.38. The van der Waals surface area contributed by atoms with E-state index in [0.717, 1.165) is 18.4 Å². The van der Waals surface area contributed by atoms with Gasteiger partial charge in [-0.25, -0.2) is 23.1 Å². The van der Waals surface area contributed by atoms with Crippen molar-refractivity contribution in [2.24, 2.45) is 0 Å². The lowest BCUT2D eigenvalue weighted by molar-refractivity contribution is -0.124. The van der Waals surface area contributed by atoms with E-state index in [-0.39, 0.29) is 35.4 Å². The summed E-state index contributed by atoms with van der Waals surface area (Å²) in [5.41, 5.74) is 0.702. The number of carbonyl (C=O) groups is 2. The fourth-order valence-electron chi connectivity index (χ4n) is 4.84. The SMILES string of the molecule is COCc1cc(-c2ncccn2)c(C(=O)NC(C(C)=O)N2CCCCC2c2ccc(CF)cc2)c(F)c1F. The van der Waals surface area contributed by atoms with Crippen molar-refractivity contribution in [3.63, 3.8) is 0 Å². The first-order valence-electron chi connectivity index (χ1n) is 12.3. The van der Waals surface area contributed by atoms with Crippen molar-refractivity contribution in [2.45, 2.75) is 51.7 Å². The summed E-state index contributed by atoms with van der Waals surface area (Å²) in [4.78, 5) is 36.4. The number of Topliss-reactive ketones (excluding diaryl/α,β-unsaturated/α-hetero) is 1. The summed E-state index contributed by atoms with van der Waals surface area (Å²) in [6, 6.07) is 9.61. The molecular weight excluding hydrogens is 497 g/mol. The molecule has 1 aliphatic rings. The number of ether oxygens (including phenoxy) is 1. The maximum Gasteiger partial charge on any atom is 0.256 e. The number of methoxy groups -OCH3 is 1. The molecule has 0 radical (unpaired) electrons. The van der Waals surface area contributed by atoms with E-state index < -0.39 is 35.9 Å². The molecule has 0 bridgehead atoms. The molecule has 1 fully saturated rings. The van der Waals surface area contributed by atoms with Crippen LogP contribution in [0.5, 0.6) is 0 Å². The summed E-state index contributed by atoms with van der Waals surface area (Å²) in [6.45, 7) is 1.03. The Kier molecular flexibility index (Phi) is 8.85. The average Bonchev–Trinajstić information content (AvgIpc) is 2.94. The van der Waals surface area contributed by atoms with Gasteiger partial charge < -0.3 is 10.1 Å². The molecule has 2 atom stereocenters. The van der Waals surface area contributed by atoms with Crippen molar-refractivity contribution in [3.8, 4) is 11.4 Å². The number of ketones is 1. The maximum atomic E-state index is 15.4. The smallest absolute Gasteiger partial charge is 0.256 e. The standard InChI is InChI=1S/C28H29F3N4O3/c1-17(36)27(35-13-4-3-6-22(35)19-9-7-18(15-29)8-10-19)34-28(37)23-21(26-32-11-5-12-33-26)14-20(16-38-2)24(30)25(23)31/h5,7-12,14,22,27H,3-4,6,13,15-16H2,1-2H3,(H,34,37). The van der Waals surface area contributed by atoms with Crippen LogP contribution in [-0.2, 0) is 22.8 Å². The number of nitrogens with one attached hydrogen (secondary N) is 1. The topological polar surface area (TPSA) is 84.4 Å². The number of piperidine rings is 1. The van der Waals surface area contributed by atoms with Crippen molar-refractivity contribution in [3.05, 3.63) is 82.7 Å². The maximum absolute atomic E-state index is 15.4. The third-order valence-electron chi connectivity index (χ3n) is 6.66. The van der Waals surface area contributed by atoms with Gasteiger partial charge in [-0.15, -0.1) is 0 Å². The van der Waals surface area contributed by atoms with Crippen molar-refractivity contribution in [1.29, 1.82) is 0 Å². The molecule has 1 aromatic heterocycles. The highest BCUT2D eigenvalue weighted by Crippen LogP contribution is 2.33. The number of hydrogen-bond acceptors (Lipinski definition) is 6. The molecule has 200 valence electrons. The van der Waals surface area contributed by atoms with Crippen LogP contribution >= 0.6 is 0 Å². The van der Waals surface area contributed by atoms with Crippen LogP contribution in [0.15, 0.2) is 48.8 Å². The van der Waals surface area contributed by atoms with Crippen LogP contribution in [-0.4, -0.2) is 46.4 Å². The van der Waals surface area contributed by atoms with Gasteiger partial charge in [-0.3, -0.25) is 14.5 Å². The number of alkyl halides is 1. The van der Waals surface area contributed by atoms with E-state index in [0.29, 0.717) is 18.5 Å². The Morgan fingerprint density at radius 2 is 1.84 bits per heavy atom. The molecule has 1 saturated heterocycles. The normalized spacial score (nSPS) is 16.7. The van der Waals surface area contributed by atoms with Gasteiger partial charge in [0, 0.05) is 43.2 Å². The first kappa shape index (κ1) is 27.4. The van der Waals surface area contributed by atoms with Crippen molar-refractivity contribution < 1.29 is 27.5 Å². The number of aromatic nitrogens is 2. The van der Waals surface area contributed by atoms with E-state index in [1.165, 1.54) is 32.5 Å². The summed E-state index contributed by atoms with van der Waals surface area (Å²) < 4.78 is 48.3. The third kappa shape index (κ3) is 5.76. The van der Waals surface area contributed by atoms with Crippen LogP contribution in [0.2, 0.25) is 0 Å². The Labute approximate surface area is 219 Å². The molecule has 0 saturated carbocycles. The van der Waals surface area contributed by atoms with Gasteiger partial charge >= 0.3 is 0 Å². The zero-order valence-corrected chi connectivity index (χ0v) is 21.2. The van der Waals surface area contributed by atoms with Gasteiger partial charge in [-0.1, -0.05) is 30.7 Å². The number of hydrogen-bond donors (Lipinski definition) is 1. The van der Waals surface area contributed by atoms with Crippen molar-refractivity contribution >= 4 is 11.7 Å². The summed E-state index contributed by atoms with van der Waals surface area (Å²) >= 11 is 0. The number of halogens is 3. The quantitative estimate of drug-likeness (QED) is 0.427. The highest BCUT2D eigenvalue weighted by atomic mass is 19.2. The summed E-state index contributed by atoms with van der Waals surface area (Å²) in [5, 5.41) is 2.64. The molecule has 10 heteroatoms. The zero-order valence-electron chi connectivity index (χ0n) is 21.2. The van der Waals surface area contributed by atoms with E-state index in [4.69, 9.17) is 4.74 Å². The second-order valence-electron chi connectivity index (χ2n) is 9.20. The average molecular weight is 527 g/mol. The van der Waals surface area contributed by atoms with Crippen LogP contribution < -0.4 is 5.32 Å². The van der Waals surface area contributed by atoms with E-state index in [2.05, 4.69) is 15.3 Å². The first-order chi connectivity index (χ1) is 18.3. The van der Waals surface area contributed by atoms with Crippen LogP contribution in [0.4, 0.5) is 13.2 Å². The molecule has 1 amide bonds. The lowest BCUT2D eigenvalue weighted by atomic mass is 9.93. The minimum Gasteiger partial charge on any atom is -0.380 e. The van der Waals surface area contributed by atoms with E-state index in [1.54, 1.807) is 18.2 Å². The van der Waals surface area contributed by atoms with Gasteiger partial charge in [0.05, 0.1) is 12.2 Å². The minimum absolute atomic E-state index is 0.0200. The van der Waals surface area contributed by atoms with Gasteiger partial charge in [0.1, 0.15) is 12.8 Å². The van der Waals surface area contributed by atoms with Crippen LogP contribution in [0.1, 0.15) is 59.3 Å². The van der Waals surface area contributed by atoms with Crippen LogP contribution in [0.25, 0.3) is 11.4 Å². The summed E-state index contributed by atoms with van der Waals surface area (Å²) in [7, 11) is 1.34. The molecule has 38 heavy (non-hydrogen) atoms. The molecule has 4 rings (SSSR count). The number of amides is 1. The Hall–Kier alpha value is -3.63. The van der Waals surface area contributed by atoms with Gasteiger partial charge in [0.15, 0.2) is 23.2 Å². The largest absolute Gasteiger partial charge is 0.380 e. The van der Waals surface area contributed by atoms with Gasteiger partial charge in [-0.05, 0) is 43.0 Å². The Morgan fingerprint density at radius 3 is 2.47 bits per heavy atom. The van der Waals surface area contributed by atoms with Crippen LogP contribution in [0, 0.1) is 11.6 Å². The predicted octanol–water partition coefficient (Wildman–Crippen LogP) is 4.91. The lowest BCUT2D eigenvalue weighted by Crippen LogP contribution is -2.55. The van der Waals surface area contributed by atoms with Crippen LogP contribution in [0.3, 0.4) is 0 Å². The van der Waals surface area contributed by atoms with E-state index in [9.17, 15) is 18.4 Å². The molecule has 2 unspecified atom stereocenters. The molecule has 2 heterocycles. The highest BCUT2D eigenvalue weighted by Gasteiger charge is 2.35. The fourth-order valence-corrected chi connectivity index (χ4v) is 4.84. The van der Waals surface area contributed by atoms with E-state index >= 15 is 4.39 Å². The monoisotopic (exact) mass is 526 g/mol. The Bertz CT molecular complexity index is 1290. The number of carbonyl (C=O) groups excluding carboxylic acids is 2. The highest BCUT2D eigenvalue weighted by molar-refractivity contribution is 6.02. The zero-order chi connectivity index (χ0) is 27.2.